The molecule has 6 heteroatoms. The summed E-state index contributed by atoms with van der Waals surface area (Å²) < 4.78 is 4.87. The quantitative estimate of drug-likeness (QED) is 0.857. The molecule has 0 bridgehead atoms. The normalized spacial score (nSPS) is 10.1. The molecule has 1 amide bonds. The largest absolute Gasteiger partial charge is 0.410 e. The molecule has 18 heavy (non-hydrogen) atoms. The number of hydrogen-bond donors (Lipinski definition) is 1. The molecule has 0 aliphatic heterocycles. The summed E-state index contributed by atoms with van der Waals surface area (Å²) in [6.07, 6.45) is 0.570. The minimum absolute atomic E-state index is 0.0706. The van der Waals surface area contributed by atoms with Crippen LogP contribution in [0.25, 0.3) is 11.1 Å². The second-order valence-corrected chi connectivity index (χ2v) is 4.20. The smallest absolute Gasteiger partial charge is 0.407 e. The number of aromatic nitrogens is 1. The molecule has 0 atom stereocenters. The third kappa shape index (κ3) is 2.72. The highest BCUT2D eigenvalue weighted by molar-refractivity contribution is 6.31. The van der Waals surface area contributed by atoms with Gasteiger partial charge in [-0.2, -0.15) is 0 Å². The fourth-order valence-electron chi connectivity index (χ4n) is 1.48. The zero-order chi connectivity index (χ0) is 13.1. The molecule has 0 aliphatic carbocycles. The van der Waals surface area contributed by atoms with Crippen LogP contribution in [0.2, 0.25) is 10.2 Å². The van der Waals surface area contributed by atoms with Crippen molar-refractivity contribution >= 4 is 29.3 Å². The molecule has 0 unspecified atom stereocenters. The average molecular weight is 283 g/mol. The fraction of sp³-hybridized carbons (Fsp3) is 0. The molecule has 4 nitrogen and oxygen atoms in total. The molecule has 92 valence electrons. The van der Waals surface area contributed by atoms with E-state index in [4.69, 9.17) is 33.7 Å². The van der Waals surface area contributed by atoms with E-state index < -0.39 is 6.09 Å². The maximum atomic E-state index is 10.9. The molecule has 1 aromatic carbocycles. The number of primary amides is 1. The van der Waals surface area contributed by atoms with Crippen LogP contribution in [0.3, 0.4) is 0 Å². The Balaban J connectivity index is 2.53. The predicted octanol–water partition coefficient (Wildman–Crippen LogP) is 3.51. The first-order valence-electron chi connectivity index (χ1n) is 4.95. The first kappa shape index (κ1) is 12.7. The number of carbonyl (C=O) groups excluding carboxylic acids is 1. The SMILES string of the molecule is NC(=O)Oc1c(-c2ccc(Cl)cc2)ccnc1Cl. The minimum atomic E-state index is -0.944. The van der Waals surface area contributed by atoms with Crippen LogP contribution in [0.1, 0.15) is 0 Å². The summed E-state index contributed by atoms with van der Waals surface area (Å²) in [7, 11) is 0. The number of carbonyl (C=O) groups is 1. The second-order valence-electron chi connectivity index (χ2n) is 3.41. The van der Waals surface area contributed by atoms with Crippen LogP contribution in [-0.4, -0.2) is 11.1 Å². The van der Waals surface area contributed by atoms with Crippen molar-refractivity contribution in [3.05, 3.63) is 46.7 Å². The van der Waals surface area contributed by atoms with Gasteiger partial charge in [0.25, 0.3) is 0 Å². The van der Waals surface area contributed by atoms with E-state index in [1.165, 1.54) is 6.20 Å². The van der Waals surface area contributed by atoms with Crippen molar-refractivity contribution in [2.75, 3.05) is 0 Å². The zero-order valence-corrected chi connectivity index (χ0v) is 10.6. The van der Waals surface area contributed by atoms with Gasteiger partial charge in [0.05, 0.1) is 0 Å². The van der Waals surface area contributed by atoms with Gasteiger partial charge in [-0.05, 0) is 23.8 Å². The maximum absolute atomic E-state index is 10.9. The lowest BCUT2D eigenvalue weighted by Crippen LogP contribution is -2.17. The lowest BCUT2D eigenvalue weighted by Gasteiger charge is -2.09. The number of halogens is 2. The summed E-state index contributed by atoms with van der Waals surface area (Å²) in [5, 5.41) is 0.678. The lowest BCUT2D eigenvalue weighted by molar-refractivity contribution is 0.211. The zero-order valence-electron chi connectivity index (χ0n) is 9.06. The lowest BCUT2D eigenvalue weighted by atomic mass is 10.1. The predicted molar refractivity (Wildman–Crippen MR) is 69.9 cm³/mol. The van der Waals surface area contributed by atoms with Crippen LogP contribution < -0.4 is 10.5 Å². The van der Waals surface area contributed by atoms with E-state index in [9.17, 15) is 4.79 Å². The highest BCUT2D eigenvalue weighted by Crippen LogP contribution is 2.35. The number of rotatable bonds is 2. The molecule has 2 aromatic rings. The molecule has 0 fully saturated rings. The number of nitrogens with two attached hydrogens (primary N) is 1. The summed E-state index contributed by atoms with van der Waals surface area (Å²) in [5.74, 6) is 0.133. The summed E-state index contributed by atoms with van der Waals surface area (Å²) in [5.41, 5.74) is 6.40. The number of nitrogens with zero attached hydrogens (tertiary/aromatic N) is 1. The standard InChI is InChI=1S/C12H8Cl2N2O2/c13-8-3-1-7(2-4-8)9-5-6-16-11(14)10(9)18-12(15)17/h1-6H,(H2,15,17). The molecular weight excluding hydrogens is 275 g/mol. The Bertz CT molecular complexity index is 585. The van der Waals surface area contributed by atoms with Crippen LogP contribution in [-0.2, 0) is 0 Å². The number of ether oxygens (including phenoxy) is 1. The van der Waals surface area contributed by atoms with Gasteiger partial charge in [0.1, 0.15) is 0 Å². The molecule has 0 radical (unpaired) electrons. The van der Waals surface area contributed by atoms with Crippen LogP contribution in [0, 0.1) is 0 Å². The number of amides is 1. The molecule has 0 saturated carbocycles. The maximum Gasteiger partial charge on any atom is 0.410 e. The van der Waals surface area contributed by atoms with Crippen LogP contribution in [0.4, 0.5) is 4.79 Å². The highest BCUT2D eigenvalue weighted by Gasteiger charge is 2.13. The van der Waals surface area contributed by atoms with Gasteiger partial charge < -0.3 is 10.5 Å². The Labute approximate surface area is 113 Å². The van der Waals surface area contributed by atoms with Gasteiger partial charge in [-0.15, -0.1) is 0 Å². The van der Waals surface area contributed by atoms with Gasteiger partial charge in [0, 0.05) is 16.8 Å². The average Bonchev–Trinajstić information content (AvgIpc) is 2.32. The first-order chi connectivity index (χ1) is 8.58. The third-order valence-electron chi connectivity index (χ3n) is 2.22. The van der Waals surface area contributed by atoms with E-state index in [1.54, 1.807) is 30.3 Å². The number of benzene rings is 1. The molecule has 2 N–H and O–H groups in total. The minimum Gasteiger partial charge on any atom is -0.407 e. The van der Waals surface area contributed by atoms with Crippen molar-refractivity contribution < 1.29 is 9.53 Å². The van der Waals surface area contributed by atoms with Gasteiger partial charge in [-0.1, -0.05) is 35.3 Å². The van der Waals surface area contributed by atoms with Crippen molar-refractivity contribution in [3.8, 4) is 16.9 Å². The van der Waals surface area contributed by atoms with E-state index in [0.29, 0.717) is 10.6 Å². The first-order valence-corrected chi connectivity index (χ1v) is 5.71. The van der Waals surface area contributed by atoms with Gasteiger partial charge in [0.15, 0.2) is 10.9 Å². The van der Waals surface area contributed by atoms with Crippen molar-refractivity contribution in [1.29, 1.82) is 0 Å². The van der Waals surface area contributed by atoms with Crippen molar-refractivity contribution in [2.24, 2.45) is 5.73 Å². The van der Waals surface area contributed by atoms with E-state index in [0.717, 1.165) is 5.56 Å². The van der Waals surface area contributed by atoms with Crippen LogP contribution in [0.15, 0.2) is 36.5 Å². The van der Waals surface area contributed by atoms with Gasteiger partial charge in [-0.3, -0.25) is 0 Å². The molecule has 1 aromatic heterocycles. The molecule has 0 saturated heterocycles. The highest BCUT2D eigenvalue weighted by atomic mass is 35.5. The summed E-state index contributed by atoms with van der Waals surface area (Å²) >= 11 is 11.7. The van der Waals surface area contributed by atoms with Gasteiger partial charge in [-0.25, -0.2) is 9.78 Å². The number of pyridine rings is 1. The van der Waals surface area contributed by atoms with Crippen molar-refractivity contribution in [1.82, 2.24) is 4.98 Å². The molecule has 0 spiro atoms. The Morgan fingerprint density at radius 3 is 2.44 bits per heavy atom. The van der Waals surface area contributed by atoms with E-state index in [2.05, 4.69) is 4.98 Å². The van der Waals surface area contributed by atoms with E-state index in [-0.39, 0.29) is 10.9 Å². The Hall–Kier alpha value is -1.78. The van der Waals surface area contributed by atoms with Gasteiger partial charge in [0.2, 0.25) is 0 Å². The topological polar surface area (TPSA) is 65.2 Å². The van der Waals surface area contributed by atoms with Crippen LogP contribution in [0.5, 0.6) is 5.75 Å². The van der Waals surface area contributed by atoms with Crippen molar-refractivity contribution in [2.45, 2.75) is 0 Å². The van der Waals surface area contributed by atoms with Crippen molar-refractivity contribution in [3.63, 3.8) is 0 Å². The van der Waals surface area contributed by atoms with Crippen LogP contribution >= 0.6 is 23.2 Å². The third-order valence-corrected chi connectivity index (χ3v) is 2.74. The molecular formula is C12H8Cl2N2O2. The Kier molecular flexibility index (Phi) is 3.69. The second kappa shape index (κ2) is 5.25. The molecule has 2 rings (SSSR count). The summed E-state index contributed by atoms with van der Waals surface area (Å²) in [6.45, 7) is 0. The monoisotopic (exact) mass is 282 g/mol. The van der Waals surface area contributed by atoms with E-state index in [1.807, 2.05) is 0 Å². The molecule has 1 heterocycles. The Morgan fingerprint density at radius 2 is 1.83 bits per heavy atom. The fourth-order valence-corrected chi connectivity index (χ4v) is 1.80. The van der Waals surface area contributed by atoms with E-state index >= 15 is 0 Å². The Morgan fingerprint density at radius 1 is 1.17 bits per heavy atom. The molecule has 0 aliphatic rings. The summed E-state index contributed by atoms with van der Waals surface area (Å²) in [4.78, 5) is 14.7. The summed E-state index contributed by atoms with van der Waals surface area (Å²) in [6, 6.07) is 8.68. The number of hydrogen-bond acceptors (Lipinski definition) is 3. The van der Waals surface area contributed by atoms with Gasteiger partial charge >= 0.3 is 6.09 Å².